The molecule has 3 amide bonds. The molecule has 0 aromatic rings. The third kappa shape index (κ3) is 4.58. The van der Waals surface area contributed by atoms with Gasteiger partial charge in [-0.1, -0.05) is 19.2 Å². The lowest BCUT2D eigenvalue weighted by Gasteiger charge is -2.03. The number of allylic oxidation sites excluding steroid dienone is 1. The number of hydrogen-bond acceptors (Lipinski definition) is 2. The van der Waals surface area contributed by atoms with Crippen LogP contribution in [0.1, 0.15) is 6.42 Å². The van der Waals surface area contributed by atoms with Gasteiger partial charge in [0.05, 0.1) is 0 Å². The van der Waals surface area contributed by atoms with Crippen molar-refractivity contribution in [2.45, 2.75) is 6.42 Å². The van der Waals surface area contributed by atoms with Crippen molar-refractivity contribution in [3.8, 4) is 0 Å². The number of carbonyl (C=O) groups is 2. The molecule has 0 heterocycles. The van der Waals surface area contributed by atoms with Gasteiger partial charge in [-0.3, -0.25) is 10.1 Å². The van der Waals surface area contributed by atoms with Gasteiger partial charge >= 0.3 is 6.03 Å². The topological polar surface area (TPSA) is 58.2 Å². The lowest BCUT2D eigenvalue weighted by Crippen LogP contribution is -2.37. The van der Waals surface area contributed by atoms with Crippen LogP contribution >= 0.6 is 0 Å². The molecule has 0 rings (SSSR count). The summed E-state index contributed by atoms with van der Waals surface area (Å²) in [6, 6.07) is -0.620. The van der Waals surface area contributed by atoms with Gasteiger partial charge in [-0.05, 0) is 12.6 Å². The Balaban J connectivity index is 3.99. The molecular weight excluding hydrogens is 168 g/mol. The number of rotatable bonds is 4. The number of hydrogen-bond donors (Lipinski definition) is 2. The molecule has 2 N–H and O–H groups in total. The minimum atomic E-state index is -0.620. The van der Waals surface area contributed by atoms with Gasteiger partial charge in [-0.15, -0.1) is 6.58 Å². The first-order valence-corrected chi connectivity index (χ1v) is 3.63. The van der Waals surface area contributed by atoms with E-state index in [1.165, 1.54) is 12.3 Å². The summed E-state index contributed by atoms with van der Waals surface area (Å²) < 4.78 is 0. The normalized spacial score (nSPS) is 8.31. The van der Waals surface area contributed by atoms with Crippen LogP contribution in [-0.4, -0.2) is 11.9 Å². The first-order chi connectivity index (χ1) is 6.11. The second-order valence-corrected chi connectivity index (χ2v) is 2.23. The van der Waals surface area contributed by atoms with Gasteiger partial charge in [0.2, 0.25) is 0 Å². The number of imide groups is 1. The zero-order valence-corrected chi connectivity index (χ0v) is 7.30. The Morgan fingerprint density at radius 3 is 2.38 bits per heavy atom. The molecule has 70 valence electrons. The van der Waals surface area contributed by atoms with Crippen LogP contribution in [0.3, 0.4) is 0 Å². The van der Waals surface area contributed by atoms with E-state index in [0.717, 1.165) is 0 Å². The summed E-state index contributed by atoms with van der Waals surface area (Å²) in [5, 5.41) is 4.26. The van der Waals surface area contributed by atoms with Crippen LogP contribution in [0.5, 0.6) is 0 Å². The van der Waals surface area contributed by atoms with Crippen molar-refractivity contribution >= 4 is 11.9 Å². The summed E-state index contributed by atoms with van der Waals surface area (Å²) >= 11 is 0. The molecule has 0 aromatic heterocycles. The summed E-state index contributed by atoms with van der Waals surface area (Å²) in [5.41, 5.74) is 0.286. The Kier molecular flexibility index (Phi) is 4.95. The molecule has 4 nitrogen and oxygen atoms in total. The third-order valence-corrected chi connectivity index (χ3v) is 1.17. The maximum absolute atomic E-state index is 11.1. The molecule has 0 fully saturated rings. The predicted octanol–water partition coefficient (Wildman–Crippen LogP) is 1.09. The van der Waals surface area contributed by atoms with Crippen molar-refractivity contribution in [1.82, 2.24) is 10.6 Å². The Morgan fingerprint density at radius 2 is 1.92 bits per heavy atom. The van der Waals surface area contributed by atoms with Crippen molar-refractivity contribution in [3.63, 3.8) is 0 Å². The summed E-state index contributed by atoms with van der Waals surface area (Å²) in [6.45, 7) is 10.2. The van der Waals surface area contributed by atoms with Gasteiger partial charge in [-0.25, -0.2) is 4.79 Å². The van der Waals surface area contributed by atoms with Crippen molar-refractivity contribution in [2.75, 3.05) is 0 Å². The van der Waals surface area contributed by atoms with Gasteiger partial charge in [-0.2, -0.15) is 0 Å². The molecule has 0 aliphatic heterocycles. The smallest absolute Gasteiger partial charge is 0.315 e. The molecule has 0 atom stereocenters. The van der Waals surface area contributed by atoms with Gasteiger partial charge < -0.3 is 5.32 Å². The third-order valence-electron chi connectivity index (χ3n) is 1.17. The minimum absolute atomic E-state index is 0.286. The minimum Gasteiger partial charge on any atom is -0.315 e. The maximum atomic E-state index is 11.1. The van der Waals surface area contributed by atoms with Crippen LogP contribution in [0, 0.1) is 0 Å². The fourth-order valence-corrected chi connectivity index (χ4v) is 0.587. The molecule has 0 aromatic carbocycles. The molecule has 13 heavy (non-hydrogen) atoms. The van der Waals surface area contributed by atoms with Crippen LogP contribution < -0.4 is 10.6 Å². The monoisotopic (exact) mass is 180 g/mol. The lowest BCUT2D eigenvalue weighted by atomic mass is 10.2. The highest BCUT2D eigenvalue weighted by molar-refractivity contribution is 6.03. The van der Waals surface area contributed by atoms with E-state index in [1.54, 1.807) is 0 Å². The molecule has 0 radical (unpaired) electrons. The van der Waals surface area contributed by atoms with Gasteiger partial charge in [0, 0.05) is 5.57 Å². The van der Waals surface area contributed by atoms with E-state index in [0.29, 0.717) is 6.42 Å². The number of nitrogens with one attached hydrogen (secondary N) is 2. The largest absolute Gasteiger partial charge is 0.325 e. The highest BCUT2D eigenvalue weighted by atomic mass is 16.2. The van der Waals surface area contributed by atoms with E-state index in [2.05, 4.69) is 30.4 Å². The fourth-order valence-electron chi connectivity index (χ4n) is 0.587. The average molecular weight is 180 g/mol. The van der Waals surface area contributed by atoms with Crippen LogP contribution in [0.15, 0.2) is 37.6 Å². The summed E-state index contributed by atoms with van der Waals surface area (Å²) in [4.78, 5) is 21.8. The Labute approximate surface area is 77.0 Å². The van der Waals surface area contributed by atoms with E-state index in [-0.39, 0.29) is 5.57 Å². The van der Waals surface area contributed by atoms with Crippen molar-refractivity contribution in [3.05, 3.63) is 37.6 Å². The first kappa shape index (κ1) is 11.2. The molecular formula is C9H12N2O2. The summed E-state index contributed by atoms with van der Waals surface area (Å²) in [5.74, 6) is -0.515. The van der Waals surface area contributed by atoms with E-state index in [4.69, 9.17) is 0 Å². The molecule has 0 saturated heterocycles. The van der Waals surface area contributed by atoms with Crippen molar-refractivity contribution < 1.29 is 9.59 Å². The highest BCUT2D eigenvalue weighted by Gasteiger charge is 2.07. The zero-order chi connectivity index (χ0) is 10.3. The quantitative estimate of drug-likeness (QED) is 0.502. The van der Waals surface area contributed by atoms with E-state index >= 15 is 0 Å². The molecule has 0 bridgehead atoms. The lowest BCUT2D eigenvalue weighted by molar-refractivity contribution is -0.116. The van der Waals surface area contributed by atoms with Crippen LogP contribution in [0.2, 0.25) is 0 Å². The van der Waals surface area contributed by atoms with Crippen LogP contribution in [-0.2, 0) is 4.79 Å². The predicted molar refractivity (Wildman–Crippen MR) is 50.8 cm³/mol. The second-order valence-electron chi connectivity index (χ2n) is 2.23. The summed E-state index contributed by atoms with van der Waals surface area (Å²) in [6.07, 6.45) is 3.07. The number of urea groups is 1. The van der Waals surface area contributed by atoms with Crippen molar-refractivity contribution in [1.29, 1.82) is 0 Å². The van der Waals surface area contributed by atoms with Crippen LogP contribution in [0.25, 0.3) is 0 Å². The van der Waals surface area contributed by atoms with Crippen LogP contribution in [0.4, 0.5) is 4.79 Å². The molecule has 0 unspecified atom stereocenters. The fraction of sp³-hybridized carbons (Fsp3) is 0.111. The molecule has 0 aliphatic rings. The highest BCUT2D eigenvalue weighted by Crippen LogP contribution is 1.97. The van der Waals surface area contributed by atoms with E-state index < -0.39 is 11.9 Å². The maximum Gasteiger partial charge on any atom is 0.325 e. The van der Waals surface area contributed by atoms with E-state index in [9.17, 15) is 9.59 Å². The van der Waals surface area contributed by atoms with Gasteiger partial charge in [0.25, 0.3) is 5.91 Å². The first-order valence-electron chi connectivity index (χ1n) is 3.63. The SMILES string of the molecule is C=CCC(=C)C(=O)NC(=O)NC=C. The Morgan fingerprint density at radius 1 is 1.31 bits per heavy atom. The Hall–Kier alpha value is -1.84. The van der Waals surface area contributed by atoms with Crippen molar-refractivity contribution in [2.24, 2.45) is 0 Å². The Bertz CT molecular complexity index is 256. The average Bonchev–Trinajstić information content (AvgIpc) is 2.05. The van der Waals surface area contributed by atoms with Gasteiger partial charge in [0.15, 0.2) is 0 Å². The molecule has 0 spiro atoms. The zero-order valence-electron chi connectivity index (χ0n) is 7.30. The standard InChI is InChI=1S/C9H12N2O2/c1-4-6-7(3)8(12)11-9(13)10-5-2/h4-5H,1-3,6H2,(H2,10,11,12,13). The van der Waals surface area contributed by atoms with E-state index in [1.807, 2.05) is 0 Å². The molecule has 0 aliphatic carbocycles. The molecule has 0 saturated carbocycles. The second kappa shape index (κ2) is 5.77. The summed E-state index contributed by atoms with van der Waals surface area (Å²) in [7, 11) is 0. The van der Waals surface area contributed by atoms with Gasteiger partial charge in [0.1, 0.15) is 0 Å². The number of amides is 3. The number of carbonyl (C=O) groups excluding carboxylic acids is 2. The molecule has 4 heteroatoms.